The van der Waals surface area contributed by atoms with Crippen LogP contribution in [0.15, 0.2) is 24.4 Å². The zero-order chi connectivity index (χ0) is 13.1. The lowest BCUT2D eigenvalue weighted by Gasteiger charge is -2.34. The van der Waals surface area contributed by atoms with E-state index in [0.29, 0.717) is 12.6 Å². The van der Waals surface area contributed by atoms with E-state index in [0.717, 1.165) is 38.3 Å². The van der Waals surface area contributed by atoms with Crippen LogP contribution in [0.25, 0.3) is 0 Å². The zero-order valence-corrected chi connectivity index (χ0v) is 11.4. The molecule has 1 aromatic heterocycles. The van der Waals surface area contributed by atoms with Crippen molar-refractivity contribution in [3.63, 3.8) is 0 Å². The fourth-order valence-corrected chi connectivity index (χ4v) is 2.78. The smallest absolute Gasteiger partial charge is 0.128 e. The van der Waals surface area contributed by atoms with Crippen LogP contribution in [0, 0.1) is 5.41 Å². The van der Waals surface area contributed by atoms with Crippen LogP contribution in [0.4, 0.5) is 5.82 Å². The fraction of sp³-hybridized carbons (Fsp3) is 0.667. The first-order valence-corrected chi connectivity index (χ1v) is 7.32. The van der Waals surface area contributed by atoms with Crippen molar-refractivity contribution in [2.45, 2.75) is 31.7 Å². The van der Waals surface area contributed by atoms with Crippen molar-refractivity contribution in [1.82, 2.24) is 10.3 Å². The van der Waals surface area contributed by atoms with Crippen molar-refractivity contribution >= 4 is 5.82 Å². The van der Waals surface area contributed by atoms with Crippen LogP contribution in [0.5, 0.6) is 0 Å². The summed E-state index contributed by atoms with van der Waals surface area (Å²) in [4.78, 5) is 6.77. The van der Waals surface area contributed by atoms with E-state index in [4.69, 9.17) is 0 Å². The lowest BCUT2D eigenvalue weighted by atomic mass is 10.0. The Bertz CT molecular complexity index is 397. The summed E-state index contributed by atoms with van der Waals surface area (Å²) in [6, 6.07) is 6.69. The van der Waals surface area contributed by atoms with Gasteiger partial charge in [-0.2, -0.15) is 0 Å². The molecule has 1 saturated carbocycles. The summed E-state index contributed by atoms with van der Waals surface area (Å²) < 4.78 is 0. The predicted octanol–water partition coefficient (Wildman–Crippen LogP) is 1.41. The van der Waals surface area contributed by atoms with Gasteiger partial charge in [-0.25, -0.2) is 4.98 Å². The number of hydrogen-bond acceptors (Lipinski definition) is 4. The molecule has 0 amide bonds. The Morgan fingerprint density at radius 1 is 1.32 bits per heavy atom. The second-order valence-electron chi connectivity index (χ2n) is 5.99. The molecule has 2 aliphatic rings. The third kappa shape index (κ3) is 3.07. The molecule has 0 unspecified atom stereocenters. The minimum atomic E-state index is 0.220. The van der Waals surface area contributed by atoms with Gasteiger partial charge in [0.25, 0.3) is 0 Å². The number of nitrogens with one attached hydrogen (secondary N) is 1. The van der Waals surface area contributed by atoms with Gasteiger partial charge in [0.15, 0.2) is 0 Å². The van der Waals surface area contributed by atoms with E-state index in [2.05, 4.69) is 21.3 Å². The minimum absolute atomic E-state index is 0.220. The van der Waals surface area contributed by atoms with Gasteiger partial charge in [0, 0.05) is 43.9 Å². The highest BCUT2D eigenvalue weighted by atomic mass is 16.3. The van der Waals surface area contributed by atoms with Crippen LogP contribution in [0.2, 0.25) is 0 Å². The molecular weight excluding hydrogens is 238 g/mol. The van der Waals surface area contributed by atoms with Crippen LogP contribution < -0.4 is 10.2 Å². The second-order valence-corrected chi connectivity index (χ2v) is 5.99. The summed E-state index contributed by atoms with van der Waals surface area (Å²) in [6.45, 7) is 3.46. The topological polar surface area (TPSA) is 48.4 Å². The van der Waals surface area contributed by atoms with Crippen molar-refractivity contribution in [2.24, 2.45) is 5.41 Å². The maximum Gasteiger partial charge on any atom is 0.128 e. The normalized spacial score (nSPS) is 22.5. The van der Waals surface area contributed by atoms with Crippen molar-refractivity contribution in [3.8, 4) is 0 Å². The van der Waals surface area contributed by atoms with Crippen molar-refractivity contribution in [2.75, 3.05) is 31.1 Å². The Kier molecular flexibility index (Phi) is 3.71. The molecule has 3 rings (SSSR count). The average Bonchev–Trinajstić information content (AvgIpc) is 3.27. The van der Waals surface area contributed by atoms with Crippen molar-refractivity contribution < 1.29 is 5.11 Å². The molecule has 0 aromatic carbocycles. The highest BCUT2D eigenvalue weighted by molar-refractivity contribution is 5.38. The van der Waals surface area contributed by atoms with Crippen LogP contribution >= 0.6 is 0 Å². The second kappa shape index (κ2) is 5.47. The number of aliphatic hydroxyl groups is 1. The molecule has 1 aliphatic carbocycles. The van der Waals surface area contributed by atoms with Gasteiger partial charge in [-0.3, -0.25) is 0 Å². The standard InChI is InChI=1S/C15H23N3O/c19-12-15(6-7-15)11-17-13-4-9-18(10-5-13)14-3-1-2-8-16-14/h1-3,8,13,17,19H,4-7,9-12H2. The summed E-state index contributed by atoms with van der Waals surface area (Å²) >= 11 is 0. The largest absolute Gasteiger partial charge is 0.396 e. The zero-order valence-electron chi connectivity index (χ0n) is 11.4. The van der Waals surface area contributed by atoms with Gasteiger partial charge < -0.3 is 15.3 Å². The maximum atomic E-state index is 9.32. The number of piperidine rings is 1. The number of rotatable bonds is 5. The van der Waals surface area contributed by atoms with E-state index in [1.165, 1.54) is 12.8 Å². The van der Waals surface area contributed by atoms with Gasteiger partial charge >= 0.3 is 0 Å². The first-order valence-electron chi connectivity index (χ1n) is 7.32. The Morgan fingerprint density at radius 3 is 2.68 bits per heavy atom. The van der Waals surface area contributed by atoms with Crippen molar-refractivity contribution in [1.29, 1.82) is 0 Å². The minimum Gasteiger partial charge on any atom is -0.396 e. The van der Waals surface area contributed by atoms with Crippen LogP contribution in [-0.2, 0) is 0 Å². The SMILES string of the molecule is OCC1(CNC2CCN(c3ccccn3)CC2)CC1. The summed E-state index contributed by atoms with van der Waals surface area (Å²) in [6.07, 6.45) is 6.56. The highest BCUT2D eigenvalue weighted by Crippen LogP contribution is 2.44. The molecule has 1 aromatic rings. The maximum absolute atomic E-state index is 9.32. The molecule has 2 heterocycles. The van der Waals surface area contributed by atoms with E-state index < -0.39 is 0 Å². The number of anilines is 1. The summed E-state index contributed by atoms with van der Waals surface area (Å²) in [5.74, 6) is 1.09. The average molecular weight is 261 g/mol. The third-order valence-corrected chi connectivity index (χ3v) is 4.53. The van der Waals surface area contributed by atoms with E-state index in [9.17, 15) is 5.11 Å². The van der Waals surface area contributed by atoms with E-state index >= 15 is 0 Å². The summed E-state index contributed by atoms with van der Waals surface area (Å²) in [5.41, 5.74) is 0.220. The lowest BCUT2D eigenvalue weighted by Crippen LogP contribution is -2.44. The monoisotopic (exact) mass is 261 g/mol. The Hall–Kier alpha value is -1.13. The van der Waals surface area contributed by atoms with Gasteiger partial charge in [-0.15, -0.1) is 0 Å². The van der Waals surface area contributed by atoms with Crippen LogP contribution in [-0.4, -0.2) is 42.4 Å². The van der Waals surface area contributed by atoms with E-state index in [1.807, 2.05) is 18.3 Å². The van der Waals surface area contributed by atoms with Gasteiger partial charge in [0.05, 0.1) is 0 Å². The molecule has 2 fully saturated rings. The highest BCUT2D eigenvalue weighted by Gasteiger charge is 2.42. The number of aromatic nitrogens is 1. The Balaban J connectivity index is 1.45. The van der Waals surface area contributed by atoms with E-state index in [-0.39, 0.29) is 5.41 Å². The number of nitrogens with zero attached hydrogens (tertiary/aromatic N) is 2. The first kappa shape index (κ1) is 12.9. The molecular formula is C15H23N3O. The Labute approximate surface area is 114 Å². The fourth-order valence-electron chi connectivity index (χ4n) is 2.78. The van der Waals surface area contributed by atoms with Crippen LogP contribution in [0.1, 0.15) is 25.7 Å². The molecule has 0 bridgehead atoms. The predicted molar refractivity (Wildman–Crippen MR) is 76.2 cm³/mol. The molecule has 1 saturated heterocycles. The molecule has 0 spiro atoms. The van der Waals surface area contributed by atoms with Gasteiger partial charge in [0.2, 0.25) is 0 Å². The molecule has 0 atom stereocenters. The van der Waals surface area contributed by atoms with Gasteiger partial charge in [-0.1, -0.05) is 6.07 Å². The quantitative estimate of drug-likeness (QED) is 0.841. The first-order chi connectivity index (χ1) is 9.31. The molecule has 2 N–H and O–H groups in total. The molecule has 0 radical (unpaired) electrons. The molecule has 4 heteroatoms. The molecule has 19 heavy (non-hydrogen) atoms. The number of hydrogen-bond donors (Lipinski definition) is 2. The van der Waals surface area contributed by atoms with Gasteiger partial charge in [0.1, 0.15) is 5.82 Å². The summed E-state index contributed by atoms with van der Waals surface area (Å²) in [5, 5.41) is 13.0. The van der Waals surface area contributed by atoms with Gasteiger partial charge in [-0.05, 0) is 37.8 Å². The third-order valence-electron chi connectivity index (χ3n) is 4.53. The Morgan fingerprint density at radius 2 is 2.11 bits per heavy atom. The number of aliphatic hydroxyl groups excluding tert-OH is 1. The molecule has 4 nitrogen and oxygen atoms in total. The number of pyridine rings is 1. The molecule has 1 aliphatic heterocycles. The summed E-state index contributed by atoms with van der Waals surface area (Å²) in [7, 11) is 0. The lowest BCUT2D eigenvalue weighted by molar-refractivity contribution is 0.201. The molecule has 104 valence electrons. The van der Waals surface area contributed by atoms with Crippen molar-refractivity contribution in [3.05, 3.63) is 24.4 Å². The van der Waals surface area contributed by atoms with E-state index in [1.54, 1.807) is 0 Å². The van der Waals surface area contributed by atoms with Crippen LogP contribution in [0.3, 0.4) is 0 Å².